The van der Waals surface area contributed by atoms with Gasteiger partial charge in [0.15, 0.2) is 0 Å². The molecule has 2 rings (SSSR count). The van der Waals surface area contributed by atoms with Gasteiger partial charge in [-0.1, -0.05) is 0 Å². The van der Waals surface area contributed by atoms with Gasteiger partial charge in [-0.25, -0.2) is 0 Å². The number of benzene rings is 1. The van der Waals surface area contributed by atoms with Crippen LogP contribution in [-0.2, 0) is 6.54 Å². The molecule has 0 atom stereocenters. The van der Waals surface area contributed by atoms with Gasteiger partial charge in [-0.05, 0) is 58.1 Å². The summed E-state index contributed by atoms with van der Waals surface area (Å²) in [5.74, 6) is 0.336. The number of phenols is 1. The second kappa shape index (κ2) is 4.89. The summed E-state index contributed by atoms with van der Waals surface area (Å²) in [4.78, 5) is 1.27. The van der Waals surface area contributed by atoms with Gasteiger partial charge in [-0.15, -0.1) is 11.3 Å². The monoisotopic (exact) mass is 297 g/mol. The van der Waals surface area contributed by atoms with E-state index in [0.717, 1.165) is 22.3 Å². The minimum Gasteiger partial charge on any atom is -0.508 e. The topological polar surface area (TPSA) is 32.3 Å². The first-order valence-electron chi connectivity index (χ1n) is 4.92. The van der Waals surface area contributed by atoms with Gasteiger partial charge in [0.25, 0.3) is 0 Å². The van der Waals surface area contributed by atoms with Crippen molar-refractivity contribution in [2.75, 3.05) is 5.32 Å². The van der Waals surface area contributed by atoms with E-state index < -0.39 is 0 Å². The number of hydrogen-bond donors (Lipinski definition) is 2. The molecule has 2 N–H and O–H groups in total. The van der Waals surface area contributed by atoms with Crippen LogP contribution in [0.2, 0.25) is 0 Å². The number of nitrogens with one attached hydrogen (secondary N) is 1. The number of thiophene rings is 1. The van der Waals surface area contributed by atoms with Crippen molar-refractivity contribution in [1.82, 2.24) is 0 Å². The Bertz CT molecular complexity index is 496. The molecule has 16 heavy (non-hydrogen) atoms. The fourth-order valence-electron chi connectivity index (χ4n) is 1.40. The lowest BCUT2D eigenvalue weighted by molar-refractivity contribution is 0.471. The Morgan fingerprint density at radius 3 is 2.81 bits per heavy atom. The Morgan fingerprint density at radius 1 is 1.38 bits per heavy atom. The third-order valence-electron chi connectivity index (χ3n) is 2.34. The molecular formula is C12H12BrNOS. The Kier molecular flexibility index (Phi) is 3.51. The number of aryl methyl sites for hydroxylation is 1. The molecule has 0 amide bonds. The van der Waals surface area contributed by atoms with Gasteiger partial charge >= 0.3 is 0 Å². The molecule has 2 aromatic rings. The van der Waals surface area contributed by atoms with Crippen molar-refractivity contribution >= 4 is 33.0 Å². The molecule has 0 aliphatic rings. The quantitative estimate of drug-likeness (QED) is 0.835. The zero-order valence-corrected chi connectivity index (χ0v) is 11.2. The van der Waals surface area contributed by atoms with Crippen LogP contribution >= 0.6 is 27.3 Å². The lowest BCUT2D eigenvalue weighted by Gasteiger charge is -2.07. The van der Waals surface area contributed by atoms with E-state index in [9.17, 15) is 5.11 Å². The fraction of sp³-hybridized carbons (Fsp3) is 0.167. The van der Waals surface area contributed by atoms with E-state index in [4.69, 9.17) is 0 Å². The molecule has 0 saturated heterocycles. The molecule has 1 aromatic heterocycles. The number of hydrogen-bond acceptors (Lipinski definition) is 3. The SMILES string of the molecule is Cc1cc(NCc2sccc2Br)ccc1O. The van der Waals surface area contributed by atoms with Crippen molar-refractivity contribution in [3.8, 4) is 5.75 Å². The summed E-state index contributed by atoms with van der Waals surface area (Å²) >= 11 is 5.21. The number of halogens is 1. The maximum atomic E-state index is 9.41. The predicted octanol–water partition coefficient (Wildman–Crippen LogP) is 4.14. The lowest BCUT2D eigenvalue weighted by Crippen LogP contribution is -1.97. The third-order valence-corrected chi connectivity index (χ3v) is 4.27. The predicted molar refractivity (Wildman–Crippen MR) is 72.2 cm³/mol. The van der Waals surface area contributed by atoms with Crippen molar-refractivity contribution in [3.05, 3.63) is 44.6 Å². The molecule has 0 fully saturated rings. The highest BCUT2D eigenvalue weighted by atomic mass is 79.9. The van der Waals surface area contributed by atoms with Crippen LogP contribution in [0.1, 0.15) is 10.4 Å². The smallest absolute Gasteiger partial charge is 0.118 e. The van der Waals surface area contributed by atoms with Crippen molar-refractivity contribution in [2.45, 2.75) is 13.5 Å². The van der Waals surface area contributed by atoms with Crippen LogP contribution in [0.15, 0.2) is 34.1 Å². The van der Waals surface area contributed by atoms with Gasteiger partial charge in [-0.3, -0.25) is 0 Å². The minimum atomic E-state index is 0.336. The maximum absolute atomic E-state index is 9.41. The second-order valence-electron chi connectivity index (χ2n) is 3.55. The largest absolute Gasteiger partial charge is 0.508 e. The van der Waals surface area contributed by atoms with E-state index in [1.165, 1.54) is 4.88 Å². The highest BCUT2D eigenvalue weighted by Gasteiger charge is 2.02. The number of anilines is 1. The lowest BCUT2D eigenvalue weighted by atomic mass is 10.2. The first-order chi connectivity index (χ1) is 7.66. The molecule has 0 aliphatic heterocycles. The van der Waals surface area contributed by atoms with Crippen LogP contribution in [0, 0.1) is 6.92 Å². The Hall–Kier alpha value is -1.00. The zero-order valence-electron chi connectivity index (χ0n) is 8.83. The third kappa shape index (κ3) is 2.57. The normalized spacial score (nSPS) is 10.4. The molecule has 0 saturated carbocycles. The van der Waals surface area contributed by atoms with E-state index in [0.29, 0.717) is 5.75 Å². The molecule has 0 aliphatic carbocycles. The van der Waals surface area contributed by atoms with Crippen LogP contribution in [0.3, 0.4) is 0 Å². The average Bonchev–Trinajstić information content (AvgIpc) is 2.66. The summed E-state index contributed by atoms with van der Waals surface area (Å²) < 4.78 is 1.14. The van der Waals surface area contributed by atoms with Crippen molar-refractivity contribution < 1.29 is 5.11 Å². The molecule has 0 spiro atoms. The van der Waals surface area contributed by atoms with Gasteiger partial charge in [0.2, 0.25) is 0 Å². The number of aromatic hydroxyl groups is 1. The van der Waals surface area contributed by atoms with Crippen molar-refractivity contribution in [2.24, 2.45) is 0 Å². The molecule has 2 nitrogen and oxygen atoms in total. The van der Waals surface area contributed by atoms with Gasteiger partial charge in [-0.2, -0.15) is 0 Å². The average molecular weight is 298 g/mol. The molecule has 0 unspecified atom stereocenters. The molecule has 1 heterocycles. The summed E-state index contributed by atoms with van der Waals surface area (Å²) in [6.07, 6.45) is 0. The Labute approximate surface area is 107 Å². The van der Waals surface area contributed by atoms with E-state index >= 15 is 0 Å². The number of rotatable bonds is 3. The second-order valence-corrected chi connectivity index (χ2v) is 5.40. The van der Waals surface area contributed by atoms with E-state index in [-0.39, 0.29) is 0 Å². The van der Waals surface area contributed by atoms with Gasteiger partial charge in [0, 0.05) is 15.0 Å². The van der Waals surface area contributed by atoms with Gasteiger partial charge < -0.3 is 10.4 Å². The summed E-state index contributed by atoms with van der Waals surface area (Å²) in [7, 11) is 0. The highest BCUT2D eigenvalue weighted by Crippen LogP contribution is 2.25. The first-order valence-corrected chi connectivity index (χ1v) is 6.59. The van der Waals surface area contributed by atoms with Crippen molar-refractivity contribution in [3.63, 3.8) is 0 Å². The summed E-state index contributed by atoms with van der Waals surface area (Å²) in [5, 5.41) is 14.8. The van der Waals surface area contributed by atoms with Crippen LogP contribution < -0.4 is 5.32 Å². The van der Waals surface area contributed by atoms with E-state index in [1.807, 2.05) is 25.1 Å². The van der Waals surface area contributed by atoms with Crippen LogP contribution in [0.4, 0.5) is 5.69 Å². The summed E-state index contributed by atoms with van der Waals surface area (Å²) in [5.41, 5.74) is 1.91. The molecule has 0 bridgehead atoms. The summed E-state index contributed by atoms with van der Waals surface area (Å²) in [6, 6.07) is 7.57. The molecule has 0 radical (unpaired) electrons. The first kappa shape index (κ1) is 11.5. The van der Waals surface area contributed by atoms with Gasteiger partial charge in [0.1, 0.15) is 5.75 Å². The van der Waals surface area contributed by atoms with Crippen LogP contribution in [0.25, 0.3) is 0 Å². The Balaban J connectivity index is 2.05. The van der Waals surface area contributed by atoms with Gasteiger partial charge in [0.05, 0.1) is 6.54 Å². The maximum Gasteiger partial charge on any atom is 0.118 e. The van der Waals surface area contributed by atoms with E-state index in [1.54, 1.807) is 17.4 Å². The fourth-order valence-corrected chi connectivity index (χ4v) is 2.83. The summed E-state index contributed by atoms with van der Waals surface area (Å²) in [6.45, 7) is 2.68. The van der Waals surface area contributed by atoms with Crippen LogP contribution in [-0.4, -0.2) is 5.11 Å². The Morgan fingerprint density at radius 2 is 2.19 bits per heavy atom. The van der Waals surface area contributed by atoms with Crippen molar-refractivity contribution in [1.29, 1.82) is 0 Å². The highest BCUT2D eigenvalue weighted by molar-refractivity contribution is 9.10. The zero-order chi connectivity index (χ0) is 11.5. The molecular weight excluding hydrogens is 286 g/mol. The minimum absolute atomic E-state index is 0.336. The molecule has 1 aromatic carbocycles. The molecule has 84 valence electrons. The van der Waals surface area contributed by atoms with E-state index in [2.05, 4.69) is 26.6 Å². The number of phenolic OH excluding ortho intramolecular Hbond substituents is 1. The standard InChI is InChI=1S/C12H12BrNOS/c1-8-6-9(2-3-11(8)15)14-7-12-10(13)4-5-16-12/h2-6,14-15H,7H2,1H3. The van der Waals surface area contributed by atoms with Crippen LogP contribution in [0.5, 0.6) is 5.75 Å². The molecule has 4 heteroatoms.